The van der Waals surface area contributed by atoms with Gasteiger partial charge in [-0.25, -0.2) is 9.97 Å². The zero-order valence-corrected chi connectivity index (χ0v) is 11.4. The number of hydrogen-bond donors (Lipinski definition) is 3. The molecule has 1 atom stereocenters. The van der Waals surface area contributed by atoms with Gasteiger partial charge in [-0.05, 0) is 27.2 Å². The van der Waals surface area contributed by atoms with Gasteiger partial charge in [0.25, 0.3) is 0 Å². The second-order valence-corrected chi connectivity index (χ2v) is 4.39. The number of nitrogens with two attached hydrogens (primary N) is 1. The molecule has 18 heavy (non-hydrogen) atoms. The predicted octanol–water partition coefficient (Wildman–Crippen LogP) is 1.28. The molecule has 4 N–H and O–H groups in total. The Hall–Kier alpha value is -1.85. The number of aromatic nitrogens is 2. The number of carbonyl (C=O) groups is 1. The number of anilines is 2. The van der Waals surface area contributed by atoms with Crippen LogP contribution in [0.5, 0.6) is 0 Å². The Kier molecular flexibility index (Phi) is 4.47. The molecule has 1 rings (SSSR count). The first kappa shape index (κ1) is 14.2. The molecule has 1 amide bonds. The Bertz CT molecular complexity index is 434. The third-order valence-electron chi connectivity index (χ3n) is 2.85. The summed E-state index contributed by atoms with van der Waals surface area (Å²) in [6.07, 6.45) is 0.585. The van der Waals surface area contributed by atoms with Crippen molar-refractivity contribution >= 4 is 17.5 Å². The molecule has 0 saturated heterocycles. The van der Waals surface area contributed by atoms with Gasteiger partial charge in [0.2, 0.25) is 5.91 Å². The van der Waals surface area contributed by atoms with Gasteiger partial charge < -0.3 is 16.4 Å². The van der Waals surface area contributed by atoms with Crippen LogP contribution in [0.1, 0.15) is 33.0 Å². The quantitative estimate of drug-likeness (QED) is 0.708. The van der Waals surface area contributed by atoms with Crippen LogP contribution in [0.3, 0.4) is 0 Å². The lowest BCUT2D eigenvalue weighted by Crippen LogP contribution is -2.47. The van der Waals surface area contributed by atoms with E-state index in [2.05, 4.69) is 20.6 Å². The van der Waals surface area contributed by atoms with Crippen LogP contribution in [0.2, 0.25) is 0 Å². The van der Waals surface area contributed by atoms with E-state index in [1.807, 2.05) is 13.8 Å². The largest absolute Gasteiger partial charge is 0.370 e. The van der Waals surface area contributed by atoms with E-state index in [0.717, 1.165) is 12.4 Å². The molecule has 0 radical (unpaired) electrons. The summed E-state index contributed by atoms with van der Waals surface area (Å²) in [6.45, 7) is 8.23. The number of nitrogens with zero attached hydrogens (tertiary/aromatic N) is 2. The molecule has 0 aromatic carbocycles. The van der Waals surface area contributed by atoms with E-state index in [4.69, 9.17) is 5.73 Å². The summed E-state index contributed by atoms with van der Waals surface area (Å²) in [7, 11) is 0. The van der Waals surface area contributed by atoms with Crippen molar-refractivity contribution in [2.24, 2.45) is 5.73 Å². The van der Waals surface area contributed by atoms with Crippen molar-refractivity contribution in [1.29, 1.82) is 0 Å². The van der Waals surface area contributed by atoms with E-state index in [9.17, 15) is 4.79 Å². The molecule has 1 heterocycles. The minimum atomic E-state index is -0.801. The van der Waals surface area contributed by atoms with Gasteiger partial charge in [-0.15, -0.1) is 0 Å². The van der Waals surface area contributed by atoms with Crippen LogP contribution >= 0.6 is 0 Å². The minimum Gasteiger partial charge on any atom is -0.370 e. The molecule has 0 bridgehead atoms. The third kappa shape index (κ3) is 3.32. The number of primary amides is 1. The molecule has 1 aromatic heterocycles. The topological polar surface area (TPSA) is 92.9 Å². The van der Waals surface area contributed by atoms with Crippen molar-refractivity contribution in [2.45, 2.75) is 39.7 Å². The van der Waals surface area contributed by atoms with Crippen LogP contribution in [-0.2, 0) is 4.79 Å². The van der Waals surface area contributed by atoms with Gasteiger partial charge in [0.05, 0.1) is 0 Å². The maximum absolute atomic E-state index is 11.5. The zero-order valence-electron chi connectivity index (χ0n) is 11.4. The summed E-state index contributed by atoms with van der Waals surface area (Å²) in [6, 6.07) is 1.77. The fraction of sp³-hybridized carbons (Fsp3) is 0.583. The van der Waals surface area contributed by atoms with Gasteiger partial charge in [-0.3, -0.25) is 4.79 Å². The van der Waals surface area contributed by atoms with Crippen LogP contribution in [-0.4, -0.2) is 28.0 Å². The monoisotopic (exact) mass is 251 g/mol. The van der Waals surface area contributed by atoms with Crippen LogP contribution in [0.15, 0.2) is 6.07 Å². The maximum atomic E-state index is 11.5. The molecule has 0 fully saturated rings. The number of nitrogens with one attached hydrogen (secondary N) is 2. The molecule has 6 heteroatoms. The Balaban J connectivity index is 2.99. The smallest absolute Gasteiger partial charge is 0.242 e. The Morgan fingerprint density at radius 2 is 2.00 bits per heavy atom. The lowest BCUT2D eigenvalue weighted by molar-refractivity contribution is -0.121. The average molecular weight is 251 g/mol. The molecule has 100 valence electrons. The molecule has 0 aliphatic heterocycles. The molecule has 1 aromatic rings. The third-order valence-corrected chi connectivity index (χ3v) is 2.85. The highest BCUT2D eigenvalue weighted by Crippen LogP contribution is 2.18. The second kappa shape index (κ2) is 5.66. The van der Waals surface area contributed by atoms with Crippen LogP contribution in [0.4, 0.5) is 11.6 Å². The lowest BCUT2D eigenvalue weighted by Gasteiger charge is -2.26. The van der Waals surface area contributed by atoms with E-state index < -0.39 is 11.4 Å². The van der Waals surface area contributed by atoms with E-state index >= 15 is 0 Å². The Morgan fingerprint density at radius 3 is 2.50 bits per heavy atom. The van der Waals surface area contributed by atoms with E-state index in [-0.39, 0.29) is 0 Å². The van der Waals surface area contributed by atoms with Gasteiger partial charge in [0, 0.05) is 12.6 Å². The molecule has 0 aliphatic rings. The van der Waals surface area contributed by atoms with Gasteiger partial charge in [0.15, 0.2) is 0 Å². The fourth-order valence-corrected chi connectivity index (χ4v) is 1.51. The summed E-state index contributed by atoms with van der Waals surface area (Å²) in [5, 5.41) is 6.19. The number of aryl methyl sites for hydroxylation is 1. The molecular formula is C12H21N5O. The summed E-state index contributed by atoms with van der Waals surface area (Å²) in [4.78, 5) is 20.0. The number of hydrogen-bond acceptors (Lipinski definition) is 5. The molecule has 6 nitrogen and oxygen atoms in total. The molecular weight excluding hydrogens is 230 g/mol. The second-order valence-electron chi connectivity index (χ2n) is 4.39. The first-order valence-electron chi connectivity index (χ1n) is 6.09. The van der Waals surface area contributed by atoms with E-state index in [1.54, 1.807) is 19.9 Å². The number of carbonyl (C=O) groups excluding carboxylic acids is 1. The number of amides is 1. The fourth-order valence-electron chi connectivity index (χ4n) is 1.51. The van der Waals surface area contributed by atoms with E-state index in [0.29, 0.717) is 18.1 Å². The van der Waals surface area contributed by atoms with Crippen LogP contribution in [0.25, 0.3) is 0 Å². The van der Waals surface area contributed by atoms with Crippen LogP contribution < -0.4 is 16.4 Å². The van der Waals surface area contributed by atoms with E-state index in [1.165, 1.54) is 0 Å². The highest BCUT2D eigenvalue weighted by Gasteiger charge is 2.29. The molecule has 0 spiro atoms. The highest BCUT2D eigenvalue weighted by molar-refractivity contribution is 5.87. The number of rotatable bonds is 6. The normalized spacial score (nSPS) is 13.8. The first-order valence-corrected chi connectivity index (χ1v) is 6.09. The molecule has 0 aliphatic carbocycles. The van der Waals surface area contributed by atoms with Gasteiger partial charge in [-0.2, -0.15) is 0 Å². The zero-order chi connectivity index (χ0) is 13.8. The summed E-state index contributed by atoms with van der Waals surface area (Å²) >= 11 is 0. The highest BCUT2D eigenvalue weighted by atomic mass is 16.1. The van der Waals surface area contributed by atoms with Gasteiger partial charge in [-0.1, -0.05) is 6.92 Å². The first-order chi connectivity index (χ1) is 8.41. The maximum Gasteiger partial charge on any atom is 0.242 e. The van der Waals surface area contributed by atoms with Gasteiger partial charge >= 0.3 is 0 Å². The molecule has 1 unspecified atom stereocenters. The standard InChI is InChI=1S/C12H21N5O/c1-5-12(4,11(13)18)17-10-7-9(14-6-2)15-8(3)16-10/h7H,5-6H2,1-4H3,(H2,13,18)(H2,14,15,16,17). The predicted molar refractivity (Wildman–Crippen MR) is 72.4 cm³/mol. The SMILES string of the molecule is CCNc1cc(NC(C)(CC)C(N)=O)nc(C)n1. The van der Waals surface area contributed by atoms with Crippen molar-refractivity contribution in [3.05, 3.63) is 11.9 Å². The Morgan fingerprint density at radius 1 is 1.39 bits per heavy atom. The Labute approximate surface area is 107 Å². The van der Waals surface area contributed by atoms with Crippen molar-refractivity contribution < 1.29 is 4.79 Å². The molecule has 0 saturated carbocycles. The van der Waals surface area contributed by atoms with Crippen molar-refractivity contribution in [3.8, 4) is 0 Å². The van der Waals surface area contributed by atoms with Crippen LogP contribution in [0, 0.1) is 6.92 Å². The average Bonchev–Trinajstić information content (AvgIpc) is 2.28. The summed E-state index contributed by atoms with van der Waals surface area (Å²) < 4.78 is 0. The summed E-state index contributed by atoms with van der Waals surface area (Å²) in [5.74, 6) is 1.57. The van der Waals surface area contributed by atoms with Crippen molar-refractivity contribution in [3.63, 3.8) is 0 Å². The van der Waals surface area contributed by atoms with Crippen molar-refractivity contribution in [2.75, 3.05) is 17.2 Å². The van der Waals surface area contributed by atoms with Crippen molar-refractivity contribution in [1.82, 2.24) is 9.97 Å². The summed E-state index contributed by atoms with van der Waals surface area (Å²) in [5.41, 5.74) is 4.60. The van der Waals surface area contributed by atoms with Gasteiger partial charge in [0.1, 0.15) is 23.0 Å². The minimum absolute atomic E-state index is 0.397. The lowest BCUT2D eigenvalue weighted by atomic mass is 9.98.